The Morgan fingerprint density at radius 1 is 1.23 bits per heavy atom. The molecule has 10 heteroatoms. The van der Waals surface area contributed by atoms with E-state index in [1.165, 1.54) is 15.6 Å². The largest absolute Gasteiger partial charge is 0.296 e. The minimum atomic E-state index is -3.84. The molecular weight excluding hydrogens is 392 g/mol. The number of para-hydroxylation sites is 1. The normalized spacial score (nSPS) is 16.5. The maximum Gasteiger partial charge on any atom is 0.293 e. The van der Waals surface area contributed by atoms with Crippen LogP contribution in [0.15, 0.2) is 46.1 Å². The van der Waals surface area contributed by atoms with Crippen LogP contribution in [0.4, 0.5) is 10.8 Å². The van der Waals surface area contributed by atoms with E-state index in [9.17, 15) is 13.2 Å². The summed E-state index contributed by atoms with van der Waals surface area (Å²) in [6.45, 7) is 1.86. The molecule has 1 aliphatic heterocycles. The molecule has 0 bridgehead atoms. The number of fused-ring (bicyclic) bond motifs is 1. The summed E-state index contributed by atoms with van der Waals surface area (Å²) in [5.41, 5.74) is 1.65. The molecule has 0 saturated heterocycles. The summed E-state index contributed by atoms with van der Waals surface area (Å²) < 4.78 is 27.4. The van der Waals surface area contributed by atoms with Crippen LogP contribution in [-0.4, -0.2) is 30.6 Å². The van der Waals surface area contributed by atoms with Crippen molar-refractivity contribution in [1.82, 2.24) is 10.2 Å². The molecule has 1 aliphatic rings. The zero-order chi connectivity index (χ0) is 18.3. The van der Waals surface area contributed by atoms with Crippen LogP contribution in [0.2, 0.25) is 0 Å². The molecule has 1 unspecified atom stereocenters. The summed E-state index contributed by atoms with van der Waals surface area (Å²) in [4.78, 5) is 12.6. The Hall–Kier alpha value is -2.30. The minimum Gasteiger partial charge on any atom is -0.296 e. The number of sulfonamides is 1. The zero-order valence-corrected chi connectivity index (χ0v) is 16.1. The van der Waals surface area contributed by atoms with E-state index < -0.39 is 10.0 Å². The van der Waals surface area contributed by atoms with Gasteiger partial charge in [0.15, 0.2) is 0 Å². The molecule has 1 atom stereocenters. The molecule has 0 fully saturated rings. The first-order valence-corrected chi connectivity index (χ1v) is 10.9. The maximum absolute atomic E-state index is 13.1. The van der Waals surface area contributed by atoms with Crippen molar-refractivity contribution in [3.63, 3.8) is 0 Å². The van der Waals surface area contributed by atoms with Gasteiger partial charge in [-0.05, 0) is 36.4 Å². The average molecular weight is 407 g/mol. The van der Waals surface area contributed by atoms with Crippen molar-refractivity contribution in [3.05, 3.63) is 52.2 Å². The molecule has 26 heavy (non-hydrogen) atoms. The minimum absolute atomic E-state index is 0.137. The number of benzene rings is 1. The summed E-state index contributed by atoms with van der Waals surface area (Å²) in [6.07, 6.45) is 0.649. The molecule has 1 aromatic carbocycles. The maximum atomic E-state index is 13.1. The van der Waals surface area contributed by atoms with Crippen LogP contribution in [0.1, 0.15) is 22.2 Å². The molecule has 1 amide bonds. The van der Waals surface area contributed by atoms with Gasteiger partial charge in [0.25, 0.3) is 20.3 Å². The number of nitrogens with zero attached hydrogens (tertiary/aromatic N) is 3. The van der Waals surface area contributed by atoms with Gasteiger partial charge in [-0.2, -0.15) is 8.42 Å². The molecule has 0 saturated carbocycles. The van der Waals surface area contributed by atoms with Crippen LogP contribution < -0.4 is 9.62 Å². The molecule has 0 spiro atoms. The third kappa shape index (κ3) is 2.89. The molecule has 0 radical (unpaired) electrons. The lowest BCUT2D eigenvalue weighted by atomic mass is 10.1. The van der Waals surface area contributed by atoms with Crippen molar-refractivity contribution in [3.8, 4) is 0 Å². The summed E-state index contributed by atoms with van der Waals surface area (Å²) in [6, 6.07) is 10.7. The van der Waals surface area contributed by atoms with Crippen LogP contribution in [0.5, 0.6) is 0 Å². The van der Waals surface area contributed by atoms with Gasteiger partial charge in [0.2, 0.25) is 5.13 Å². The van der Waals surface area contributed by atoms with Crippen molar-refractivity contribution >= 4 is 49.4 Å². The van der Waals surface area contributed by atoms with Gasteiger partial charge in [-0.15, -0.1) is 21.5 Å². The van der Waals surface area contributed by atoms with Crippen LogP contribution in [0.25, 0.3) is 0 Å². The number of hydrogen-bond donors (Lipinski definition) is 1. The standard InChI is InChI=1S/C16H14N4O3S3/c1-10-9-11-5-2-3-6-12(11)20(10)26(22,23)16-19-18-15(25-16)17-14(21)13-7-4-8-24-13/h2-8,10H,9H2,1H3,(H,17,18,21). The number of hydrogen-bond acceptors (Lipinski definition) is 7. The molecule has 3 aromatic rings. The number of rotatable bonds is 4. The zero-order valence-electron chi connectivity index (χ0n) is 13.6. The third-order valence-electron chi connectivity index (χ3n) is 4.00. The predicted octanol–water partition coefficient (Wildman–Crippen LogP) is 2.99. The summed E-state index contributed by atoms with van der Waals surface area (Å²) in [5, 5.41) is 12.2. The van der Waals surface area contributed by atoms with E-state index in [4.69, 9.17) is 0 Å². The predicted molar refractivity (Wildman–Crippen MR) is 101 cm³/mol. The Balaban J connectivity index is 1.62. The smallest absolute Gasteiger partial charge is 0.293 e. The molecule has 7 nitrogen and oxygen atoms in total. The van der Waals surface area contributed by atoms with Crippen molar-refractivity contribution in [2.24, 2.45) is 0 Å². The summed E-state index contributed by atoms with van der Waals surface area (Å²) in [7, 11) is -3.84. The number of amides is 1. The fourth-order valence-electron chi connectivity index (χ4n) is 2.92. The lowest BCUT2D eigenvalue weighted by molar-refractivity contribution is 0.103. The van der Waals surface area contributed by atoms with Crippen LogP contribution in [0.3, 0.4) is 0 Å². The SMILES string of the molecule is CC1Cc2ccccc2N1S(=O)(=O)c1nnc(NC(=O)c2cccs2)s1. The highest BCUT2D eigenvalue weighted by Gasteiger charge is 2.38. The topological polar surface area (TPSA) is 92.3 Å². The third-order valence-corrected chi connectivity index (χ3v) is 7.98. The van der Waals surface area contributed by atoms with Gasteiger partial charge in [0.05, 0.1) is 10.6 Å². The second-order valence-corrected chi connectivity index (χ2v) is 9.70. The van der Waals surface area contributed by atoms with E-state index in [2.05, 4.69) is 15.5 Å². The van der Waals surface area contributed by atoms with E-state index in [0.717, 1.165) is 16.9 Å². The molecule has 0 aliphatic carbocycles. The second-order valence-electron chi connectivity index (χ2n) is 5.79. The van der Waals surface area contributed by atoms with Crippen molar-refractivity contribution < 1.29 is 13.2 Å². The fourth-order valence-corrected chi connectivity index (χ4v) is 6.21. The lowest BCUT2D eigenvalue weighted by Crippen LogP contribution is -2.35. The second kappa shape index (κ2) is 6.45. The van der Waals surface area contributed by atoms with Gasteiger partial charge < -0.3 is 0 Å². The van der Waals surface area contributed by atoms with Gasteiger partial charge in [0.1, 0.15) is 0 Å². The number of aromatic nitrogens is 2. The molecule has 4 rings (SSSR count). The quantitative estimate of drug-likeness (QED) is 0.673. The van der Waals surface area contributed by atoms with E-state index >= 15 is 0 Å². The van der Waals surface area contributed by atoms with Gasteiger partial charge in [-0.25, -0.2) is 0 Å². The van der Waals surface area contributed by atoms with Crippen LogP contribution >= 0.6 is 22.7 Å². The van der Waals surface area contributed by atoms with Crippen molar-refractivity contribution in [2.45, 2.75) is 23.7 Å². The van der Waals surface area contributed by atoms with E-state index in [-0.39, 0.29) is 21.4 Å². The summed E-state index contributed by atoms with van der Waals surface area (Å²) in [5.74, 6) is -0.333. The Morgan fingerprint density at radius 2 is 2.04 bits per heavy atom. The number of thiophene rings is 1. The number of anilines is 2. The van der Waals surface area contributed by atoms with E-state index in [0.29, 0.717) is 17.0 Å². The molecule has 2 aromatic heterocycles. The lowest BCUT2D eigenvalue weighted by Gasteiger charge is -2.22. The molecule has 3 heterocycles. The molecule has 1 N–H and O–H groups in total. The van der Waals surface area contributed by atoms with Crippen molar-refractivity contribution in [2.75, 3.05) is 9.62 Å². The van der Waals surface area contributed by atoms with Crippen LogP contribution in [0, 0.1) is 0 Å². The summed E-state index contributed by atoms with van der Waals surface area (Å²) >= 11 is 2.14. The highest BCUT2D eigenvalue weighted by atomic mass is 32.2. The monoisotopic (exact) mass is 406 g/mol. The number of carbonyl (C=O) groups excluding carboxylic acids is 1. The first kappa shape index (κ1) is 17.1. The Kier molecular flexibility index (Phi) is 4.25. The Bertz CT molecular complexity index is 1060. The first-order chi connectivity index (χ1) is 12.5. The van der Waals surface area contributed by atoms with E-state index in [1.54, 1.807) is 23.6 Å². The Labute approximate surface area is 158 Å². The average Bonchev–Trinajstić information content (AvgIpc) is 3.33. The molecule has 134 valence electrons. The van der Waals surface area contributed by atoms with Gasteiger partial charge in [0, 0.05) is 6.04 Å². The van der Waals surface area contributed by atoms with Gasteiger partial charge in [-0.3, -0.25) is 14.4 Å². The van der Waals surface area contributed by atoms with Crippen LogP contribution in [-0.2, 0) is 16.4 Å². The Morgan fingerprint density at radius 3 is 2.81 bits per heavy atom. The first-order valence-electron chi connectivity index (χ1n) is 7.77. The van der Waals surface area contributed by atoms with Gasteiger partial charge in [-0.1, -0.05) is 35.6 Å². The highest BCUT2D eigenvalue weighted by molar-refractivity contribution is 7.94. The molecular formula is C16H14N4O3S3. The van der Waals surface area contributed by atoms with Crippen molar-refractivity contribution in [1.29, 1.82) is 0 Å². The number of nitrogens with one attached hydrogen (secondary N) is 1. The fraction of sp³-hybridized carbons (Fsp3) is 0.188. The van der Waals surface area contributed by atoms with E-state index in [1.807, 2.05) is 25.1 Å². The highest BCUT2D eigenvalue weighted by Crippen LogP contribution is 2.37. The van der Waals surface area contributed by atoms with Gasteiger partial charge >= 0.3 is 0 Å². The number of carbonyl (C=O) groups is 1.